The lowest BCUT2D eigenvalue weighted by atomic mass is 10.0. The first-order valence-electron chi connectivity index (χ1n) is 6.02. The molecular weight excluding hydrogens is 280 g/mol. The highest BCUT2D eigenvalue weighted by Crippen LogP contribution is 2.23. The molecule has 0 saturated carbocycles. The van der Waals surface area contributed by atoms with Gasteiger partial charge in [-0.2, -0.15) is 0 Å². The number of hydrogen-bond donors (Lipinski definition) is 2. The maximum Gasteiger partial charge on any atom is 0.326 e. The van der Waals surface area contributed by atoms with E-state index in [0.29, 0.717) is 10.8 Å². The number of amides is 1. The maximum absolute atomic E-state index is 12.0. The smallest absolute Gasteiger partial charge is 0.326 e. The van der Waals surface area contributed by atoms with Gasteiger partial charge in [-0.05, 0) is 18.1 Å². The number of aromatic nitrogens is 1. The molecule has 0 saturated heterocycles. The molecule has 0 bridgehead atoms. The molecule has 106 valence electrons. The Morgan fingerprint density at radius 3 is 2.75 bits per heavy atom. The minimum atomic E-state index is -1.06. The average molecular weight is 294 g/mol. The number of nitrogens with one attached hydrogen (secondary N) is 1. The van der Waals surface area contributed by atoms with Gasteiger partial charge in [-0.1, -0.05) is 13.8 Å². The Labute approximate surface area is 119 Å². The molecule has 2 N–H and O–H groups in total. The zero-order chi connectivity index (χ0) is 14.7. The van der Waals surface area contributed by atoms with Crippen LogP contribution in [0.3, 0.4) is 0 Å². The molecule has 0 aliphatic rings. The lowest BCUT2D eigenvalue weighted by Gasteiger charge is -2.16. The largest absolute Gasteiger partial charge is 0.480 e. The number of thiazole rings is 1. The molecule has 0 aliphatic carbocycles. The van der Waals surface area contributed by atoms with Crippen molar-refractivity contribution in [1.82, 2.24) is 10.3 Å². The van der Waals surface area contributed by atoms with Crippen LogP contribution in [-0.4, -0.2) is 28.0 Å². The van der Waals surface area contributed by atoms with Crippen LogP contribution in [0.4, 0.5) is 0 Å². The third-order valence-corrected chi connectivity index (χ3v) is 3.54. The zero-order valence-electron chi connectivity index (χ0n) is 11.0. The number of hydrogen-bond acceptors (Lipinski definition) is 5. The molecule has 2 aromatic rings. The summed E-state index contributed by atoms with van der Waals surface area (Å²) in [5.74, 6) is -1.19. The molecule has 0 aliphatic heterocycles. The topological polar surface area (TPSA) is 92.4 Å². The fraction of sp³-hybridized carbons (Fsp3) is 0.308. The zero-order valence-corrected chi connectivity index (χ0v) is 11.8. The highest BCUT2D eigenvalue weighted by molar-refractivity contribution is 7.13. The van der Waals surface area contributed by atoms with Crippen LogP contribution in [0.25, 0.3) is 10.8 Å². The summed E-state index contributed by atoms with van der Waals surface area (Å²) < 4.78 is 5.19. The van der Waals surface area contributed by atoms with E-state index in [0.717, 1.165) is 0 Å². The second kappa shape index (κ2) is 5.87. The molecule has 0 aromatic carbocycles. The van der Waals surface area contributed by atoms with E-state index in [9.17, 15) is 9.59 Å². The summed E-state index contributed by atoms with van der Waals surface area (Å²) in [6.07, 6.45) is 1.52. The van der Waals surface area contributed by atoms with Gasteiger partial charge in [0.05, 0.1) is 6.26 Å². The Bertz CT molecular complexity index is 604. The Balaban J connectivity index is 2.12. The maximum atomic E-state index is 12.0. The van der Waals surface area contributed by atoms with Crippen molar-refractivity contribution in [1.29, 1.82) is 0 Å². The monoisotopic (exact) mass is 294 g/mol. The van der Waals surface area contributed by atoms with E-state index >= 15 is 0 Å². The van der Waals surface area contributed by atoms with Crippen LogP contribution in [0, 0.1) is 5.92 Å². The molecule has 7 heteroatoms. The number of carboxylic acids is 1. The minimum absolute atomic E-state index is 0.188. The highest BCUT2D eigenvalue weighted by atomic mass is 32.1. The highest BCUT2D eigenvalue weighted by Gasteiger charge is 2.25. The van der Waals surface area contributed by atoms with E-state index in [-0.39, 0.29) is 11.6 Å². The van der Waals surface area contributed by atoms with Gasteiger partial charge < -0.3 is 14.8 Å². The Kier molecular flexibility index (Phi) is 4.19. The molecular formula is C13H14N2O4S. The average Bonchev–Trinajstić information content (AvgIpc) is 3.04. The van der Waals surface area contributed by atoms with Gasteiger partial charge in [-0.25, -0.2) is 9.78 Å². The summed E-state index contributed by atoms with van der Waals surface area (Å²) in [5, 5.41) is 13.7. The number of aliphatic carboxylic acids is 1. The predicted octanol–water partition coefficient (Wildman–Crippen LogP) is 2.24. The van der Waals surface area contributed by atoms with Crippen LogP contribution in [0.2, 0.25) is 0 Å². The SMILES string of the molecule is CC(C)C(NC(=O)c1csc(-c2ccco2)n1)C(=O)O. The quantitative estimate of drug-likeness (QED) is 0.882. The summed E-state index contributed by atoms with van der Waals surface area (Å²) >= 11 is 1.27. The second-order valence-corrected chi connectivity index (χ2v) is 5.41. The van der Waals surface area contributed by atoms with Crippen molar-refractivity contribution in [3.63, 3.8) is 0 Å². The summed E-state index contributed by atoms with van der Waals surface area (Å²) in [7, 11) is 0. The number of furan rings is 1. The van der Waals surface area contributed by atoms with Gasteiger partial charge in [0.1, 0.15) is 11.7 Å². The number of carboxylic acid groups (broad SMARTS) is 1. The molecule has 2 heterocycles. The Morgan fingerprint density at radius 1 is 1.45 bits per heavy atom. The predicted molar refractivity (Wildman–Crippen MR) is 73.5 cm³/mol. The van der Waals surface area contributed by atoms with E-state index in [1.54, 1.807) is 31.4 Å². The number of nitrogens with zero attached hydrogens (tertiary/aromatic N) is 1. The molecule has 1 amide bonds. The van der Waals surface area contributed by atoms with Crippen molar-refractivity contribution in [3.8, 4) is 10.8 Å². The molecule has 1 atom stereocenters. The number of carbonyl (C=O) groups excluding carboxylic acids is 1. The van der Waals surface area contributed by atoms with Gasteiger partial charge in [0.2, 0.25) is 0 Å². The van der Waals surface area contributed by atoms with Gasteiger partial charge in [0.25, 0.3) is 5.91 Å². The fourth-order valence-corrected chi connectivity index (χ4v) is 2.39. The molecule has 2 rings (SSSR count). The van der Waals surface area contributed by atoms with Crippen molar-refractivity contribution < 1.29 is 19.1 Å². The van der Waals surface area contributed by atoms with Crippen LogP contribution in [-0.2, 0) is 4.79 Å². The van der Waals surface area contributed by atoms with Crippen molar-refractivity contribution in [2.24, 2.45) is 5.92 Å². The fourth-order valence-electron chi connectivity index (χ4n) is 1.62. The molecule has 0 fully saturated rings. The van der Waals surface area contributed by atoms with Crippen LogP contribution < -0.4 is 5.32 Å². The van der Waals surface area contributed by atoms with Crippen molar-refractivity contribution in [3.05, 3.63) is 29.5 Å². The Morgan fingerprint density at radius 2 is 2.20 bits per heavy atom. The van der Waals surface area contributed by atoms with Crippen LogP contribution in [0.5, 0.6) is 0 Å². The number of carbonyl (C=O) groups is 2. The summed E-state index contributed by atoms with van der Waals surface area (Å²) in [4.78, 5) is 27.2. The third kappa shape index (κ3) is 3.05. The van der Waals surface area contributed by atoms with Gasteiger partial charge in [0, 0.05) is 5.38 Å². The van der Waals surface area contributed by atoms with Crippen LogP contribution in [0.1, 0.15) is 24.3 Å². The molecule has 20 heavy (non-hydrogen) atoms. The van der Waals surface area contributed by atoms with Gasteiger partial charge in [-0.15, -0.1) is 11.3 Å². The summed E-state index contributed by atoms with van der Waals surface area (Å²) in [6, 6.07) is 2.54. The summed E-state index contributed by atoms with van der Waals surface area (Å²) in [5.41, 5.74) is 0.188. The van der Waals surface area contributed by atoms with Crippen molar-refractivity contribution >= 4 is 23.2 Å². The lowest BCUT2D eigenvalue weighted by molar-refractivity contribution is -0.140. The third-order valence-electron chi connectivity index (χ3n) is 2.69. The van der Waals surface area contributed by atoms with E-state index in [1.165, 1.54) is 17.6 Å². The first-order valence-corrected chi connectivity index (χ1v) is 6.90. The standard InChI is InChI=1S/C13H14N2O4S/c1-7(2)10(13(17)18)15-11(16)8-6-20-12(14-8)9-4-3-5-19-9/h3-7,10H,1-2H3,(H,15,16)(H,17,18). The van der Waals surface area contributed by atoms with Gasteiger partial charge in [0.15, 0.2) is 10.8 Å². The molecule has 6 nitrogen and oxygen atoms in total. The first kappa shape index (κ1) is 14.3. The van der Waals surface area contributed by atoms with Crippen LogP contribution in [0.15, 0.2) is 28.2 Å². The van der Waals surface area contributed by atoms with E-state index in [2.05, 4.69) is 10.3 Å². The second-order valence-electron chi connectivity index (χ2n) is 4.55. The molecule has 1 unspecified atom stereocenters. The van der Waals surface area contributed by atoms with Gasteiger partial charge in [-0.3, -0.25) is 4.79 Å². The summed E-state index contributed by atoms with van der Waals surface area (Å²) in [6.45, 7) is 3.46. The molecule has 2 aromatic heterocycles. The van der Waals surface area contributed by atoms with E-state index < -0.39 is 17.9 Å². The molecule has 0 spiro atoms. The van der Waals surface area contributed by atoms with Crippen molar-refractivity contribution in [2.45, 2.75) is 19.9 Å². The molecule has 0 radical (unpaired) electrons. The van der Waals surface area contributed by atoms with Crippen molar-refractivity contribution in [2.75, 3.05) is 0 Å². The van der Waals surface area contributed by atoms with Gasteiger partial charge >= 0.3 is 5.97 Å². The lowest BCUT2D eigenvalue weighted by Crippen LogP contribution is -2.44. The minimum Gasteiger partial charge on any atom is -0.480 e. The van der Waals surface area contributed by atoms with Crippen LogP contribution >= 0.6 is 11.3 Å². The Hall–Kier alpha value is -2.15. The first-order chi connectivity index (χ1) is 9.49. The van der Waals surface area contributed by atoms with E-state index in [1.807, 2.05) is 0 Å². The number of rotatable bonds is 5. The van der Waals surface area contributed by atoms with E-state index in [4.69, 9.17) is 9.52 Å². The normalized spacial score (nSPS) is 12.3.